The number of hydrogen-bond donors (Lipinski definition) is 1. The Bertz CT molecular complexity index is 215. The third kappa shape index (κ3) is 4.23. The molecule has 1 unspecified atom stereocenters. The average molecular weight is 203 g/mol. The van der Waals surface area contributed by atoms with Gasteiger partial charge in [0.1, 0.15) is 6.61 Å². The fourth-order valence-electron chi connectivity index (χ4n) is 0.657. The highest BCUT2D eigenvalue weighted by Gasteiger charge is 2.16. The normalized spacial score (nSPS) is 12.6. The number of hydrogen-bond acceptors (Lipinski definition) is 3. The minimum Gasteiger partial charge on any atom is -0.479 e. The van der Waals surface area contributed by atoms with Crippen LogP contribution in [0.1, 0.15) is 20.8 Å². The van der Waals surface area contributed by atoms with Crippen LogP contribution in [-0.2, 0) is 14.3 Å². The maximum Gasteiger partial charge on any atom is 0.332 e. The molecule has 0 spiro atoms. The van der Waals surface area contributed by atoms with Gasteiger partial charge in [0.15, 0.2) is 6.10 Å². The molecule has 5 heteroatoms. The van der Waals surface area contributed by atoms with Gasteiger partial charge in [0, 0.05) is 13.1 Å². The standard InChI is InChI=1S/C9H17NO4/c1-6(2)10(4)8(11)5-14-7(3)9(12)13/h6-7H,5H2,1-4H3,(H,12,13). The van der Waals surface area contributed by atoms with Crippen LogP contribution in [0.5, 0.6) is 0 Å². The number of rotatable bonds is 5. The van der Waals surface area contributed by atoms with Crippen molar-refractivity contribution in [2.45, 2.75) is 32.9 Å². The van der Waals surface area contributed by atoms with Crippen LogP contribution in [0.25, 0.3) is 0 Å². The molecule has 0 fully saturated rings. The van der Waals surface area contributed by atoms with Crippen LogP contribution in [0.2, 0.25) is 0 Å². The van der Waals surface area contributed by atoms with Gasteiger partial charge >= 0.3 is 5.97 Å². The molecule has 0 aliphatic rings. The molecular weight excluding hydrogens is 186 g/mol. The lowest BCUT2D eigenvalue weighted by molar-refractivity contribution is -0.152. The van der Waals surface area contributed by atoms with Crippen molar-refractivity contribution in [3.05, 3.63) is 0 Å². The zero-order chi connectivity index (χ0) is 11.3. The Morgan fingerprint density at radius 1 is 1.36 bits per heavy atom. The summed E-state index contributed by atoms with van der Waals surface area (Å²) in [6.45, 7) is 4.95. The number of aliphatic carboxylic acids is 1. The van der Waals surface area contributed by atoms with Crippen molar-refractivity contribution in [3.63, 3.8) is 0 Å². The summed E-state index contributed by atoms with van der Waals surface area (Å²) in [7, 11) is 1.65. The van der Waals surface area contributed by atoms with Crippen LogP contribution in [0, 0.1) is 0 Å². The van der Waals surface area contributed by atoms with E-state index < -0.39 is 12.1 Å². The number of carboxylic acid groups (broad SMARTS) is 1. The molecule has 0 aromatic heterocycles. The summed E-state index contributed by atoms with van der Waals surface area (Å²) < 4.78 is 4.85. The van der Waals surface area contributed by atoms with Crippen LogP contribution in [0.4, 0.5) is 0 Å². The van der Waals surface area contributed by atoms with Crippen LogP contribution < -0.4 is 0 Å². The van der Waals surface area contributed by atoms with Crippen molar-refractivity contribution < 1.29 is 19.4 Å². The fourth-order valence-corrected chi connectivity index (χ4v) is 0.657. The van der Waals surface area contributed by atoms with Crippen molar-refractivity contribution >= 4 is 11.9 Å². The summed E-state index contributed by atoms with van der Waals surface area (Å²) in [5.41, 5.74) is 0. The summed E-state index contributed by atoms with van der Waals surface area (Å²) in [6, 6.07) is 0.0891. The van der Waals surface area contributed by atoms with Crippen LogP contribution in [-0.4, -0.2) is 47.7 Å². The zero-order valence-electron chi connectivity index (χ0n) is 8.98. The van der Waals surface area contributed by atoms with Gasteiger partial charge in [0.2, 0.25) is 5.91 Å². The Morgan fingerprint density at radius 3 is 2.21 bits per heavy atom. The number of carbonyl (C=O) groups is 2. The fraction of sp³-hybridized carbons (Fsp3) is 0.778. The highest BCUT2D eigenvalue weighted by atomic mass is 16.5. The maximum atomic E-state index is 11.3. The first kappa shape index (κ1) is 12.9. The summed E-state index contributed by atoms with van der Waals surface area (Å²) in [5.74, 6) is -1.28. The molecule has 5 nitrogen and oxygen atoms in total. The number of amides is 1. The van der Waals surface area contributed by atoms with E-state index in [-0.39, 0.29) is 18.6 Å². The molecule has 1 atom stereocenters. The van der Waals surface area contributed by atoms with E-state index in [1.165, 1.54) is 11.8 Å². The van der Waals surface area contributed by atoms with Crippen LogP contribution >= 0.6 is 0 Å². The molecule has 14 heavy (non-hydrogen) atoms. The lowest BCUT2D eigenvalue weighted by Crippen LogP contribution is -2.37. The smallest absolute Gasteiger partial charge is 0.332 e. The number of carbonyl (C=O) groups excluding carboxylic acids is 1. The molecule has 0 heterocycles. The highest BCUT2D eigenvalue weighted by Crippen LogP contribution is 1.97. The predicted molar refractivity (Wildman–Crippen MR) is 51.0 cm³/mol. The van der Waals surface area contributed by atoms with E-state index >= 15 is 0 Å². The third-order valence-corrected chi connectivity index (χ3v) is 1.97. The molecule has 1 amide bonds. The van der Waals surface area contributed by atoms with E-state index in [2.05, 4.69) is 0 Å². The Morgan fingerprint density at radius 2 is 1.86 bits per heavy atom. The first-order chi connectivity index (χ1) is 6.36. The van der Waals surface area contributed by atoms with Gasteiger partial charge in [-0.25, -0.2) is 4.79 Å². The van der Waals surface area contributed by atoms with E-state index in [0.29, 0.717) is 0 Å². The largest absolute Gasteiger partial charge is 0.479 e. The number of likely N-dealkylation sites (N-methyl/N-ethyl adjacent to an activating group) is 1. The molecule has 0 saturated heterocycles. The first-order valence-corrected chi connectivity index (χ1v) is 4.46. The Kier molecular flexibility index (Phi) is 5.15. The van der Waals surface area contributed by atoms with E-state index in [1.54, 1.807) is 7.05 Å². The second kappa shape index (κ2) is 5.59. The highest BCUT2D eigenvalue weighted by molar-refractivity contribution is 5.78. The minimum absolute atomic E-state index is 0.0891. The molecule has 82 valence electrons. The Balaban J connectivity index is 3.91. The van der Waals surface area contributed by atoms with Gasteiger partial charge in [-0.05, 0) is 20.8 Å². The molecule has 0 aromatic carbocycles. The topological polar surface area (TPSA) is 66.8 Å². The van der Waals surface area contributed by atoms with Crippen molar-refractivity contribution in [1.29, 1.82) is 0 Å². The molecule has 0 aromatic rings. The van der Waals surface area contributed by atoms with Gasteiger partial charge in [-0.3, -0.25) is 4.79 Å². The van der Waals surface area contributed by atoms with Crippen molar-refractivity contribution in [1.82, 2.24) is 4.90 Å². The maximum absolute atomic E-state index is 11.3. The lowest BCUT2D eigenvalue weighted by Gasteiger charge is -2.21. The van der Waals surface area contributed by atoms with Gasteiger partial charge in [0.25, 0.3) is 0 Å². The van der Waals surface area contributed by atoms with Gasteiger partial charge in [0.05, 0.1) is 0 Å². The summed E-state index contributed by atoms with van der Waals surface area (Å²) in [5, 5.41) is 8.49. The minimum atomic E-state index is -1.06. The molecule has 1 N–H and O–H groups in total. The molecule has 0 aliphatic carbocycles. The molecule has 0 bridgehead atoms. The third-order valence-electron chi connectivity index (χ3n) is 1.97. The Hall–Kier alpha value is -1.10. The quantitative estimate of drug-likeness (QED) is 0.699. The van der Waals surface area contributed by atoms with E-state index in [0.717, 1.165) is 0 Å². The van der Waals surface area contributed by atoms with E-state index in [1.807, 2.05) is 13.8 Å². The van der Waals surface area contributed by atoms with E-state index in [9.17, 15) is 9.59 Å². The van der Waals surface area contributed by atoms with E-state index in [4.69, 9.17) is 9.84 Å². The van der Waals surface area contributed by atoms with Crippen LogP contribution in [0.15, 0.2) is 0 Å². The lowest BCUT2D eigenvalue weighted by atomic mass is 10.3. The molecule has 0 radical (unpaired) electrons. The number of nitrogens with zero attached hydrogens (tertiary/aromatic N) is 1. The average Bonchev–Trinajstić information content (AvgIpc) is 2.11. The molecule has 0 saturated carbocycles. The second-order valence-electron chi connectivity index (χ2n) is 3.39. The SMILES string of the molecule is CC(OCC(=O)N(C)C(C)C)C(=O)O. The van der Waals surface area contributed by atoms with Crippen molar-refractivity contribution in [2.75, 3.05) is 13.7 Å². The van der Waals surface area contributed by atoms with Gasteiger partial charge in [-0.2, -0.15) is 0 Å². The molecule has 0 rings (SSSR count). The van der Waals surface area contributed by atoms with Gasteiger partial charge in [-0.1, -0.05) is 0 Å². The summed E-state index contributed by atoms with van der Waals surface area (Å²) in [4.78, 5) is 23.2. The molecular formula is C9H17NO4. The monoisotopic (exact) mass is 203 g/mol. The van der Waals surface area contributed by atoms with Gasteiger partial charge < -0.3 is 14.7 Å². The summed E-state index contributed by atoms with van der Waals surface area (Å²) in [6.07, 6.45) is -0.945. The number of carboxylic acids is 1. The van der Waals surface area contributed by atoms with Crippen LogP contribution in [0.3, 0.4) is 0 Å². The summed E-state index contributed by atoms with van der Waals surface area (Å²) >= 11 is 0. The van der Waals surface area contributed by atoms with Gasteiger partial charge in [-0.15, -0.1) is 0 Å². The van der Waals surface area contributed by atoms with Crippen molar-refractivity contribution in [2.24, 2.45) is 0 Å². The predicted octanol–water partition coefficient (Wildman–Crippen LogP) is 0.343. The first-order valence-electron chi connectivity index (χ1n) is 4.46. The Labute approximate surface area is 83.6 Å². The second-order valence-corrected chi connectivity index (χ2v) is 3.39. The number of ether oxygens (including phenoxy) is 1. The zero-order valence-corrected chi connectivity index (χ0v) is 8.98. The molecule has 0 aliphatic heterocycles. The van der Waals surface area contributed by atoms with Crippen molar-refractivity contribution in [3.8, 4) is 0 Å².